The van der Waals surface area contributed by atoms with E-state index in [1.54, 1.807) is 24.4 Å². The van der Waals surface area contributed by atoms with Crippen LogP contribution in [0.1, 0.15) is 18.5 Å². The van der Waals surface area contributed by atoms with Gasteiger partial charge in [0, 0.05) is 24.0 Å². The van der Waals surface area contributed by atoms with Crippen molar-refractivity contribution in [1.82, 2.24) is 15.0 Å². The standard InChI is InChI=1S/C23H22F4N5O2S.K/c24-18-4-5-20(34-17-6-9-28-10-7-17)31-21(18)15-11-19(32-35-14-23(25,26)27)22(30-12-15)33-13-16-3-1-2-8-29-16;/h1-5,8,11-12,17,32H,6-7,9-10,13-14H2;/q-1;+1. The van der Waals surface area contributed by atoms with Crippen LogP contribution in [-0.2, 0) is 6.61 Å². The van der Waals surface area contributed by atoms with Gasteiger partial charge in [-0.05, 0) is 49.1 Å². The second-order valence-corrected chi connectivity index (χ2v) is 8.44. The van der Waals surface area contributed by atoms with E-state index in [2.05, 4.69) is 25.0 Å². The summed E-state index contributed by atoms with van der Waals surface area (Å²) < 4.78 is 66.8. The molecular formula is C23H22F4KN5O2S. The van der Waals surface area contributed by atoms with Gasteiger partial charge >= 0.3 is 57.6 Å². The molecule has 3 aromatic heterocycles. The number of nitrogens with one attached hydrogen (secondary N) is 1. The zero-order chi connectivity index (χ0) is 24.7. The van der Waals surface area contributed by atoms with Crippen molar-refractivity contribution in [2.45, 2.75) is 31.7 Å². The fourth-order valence-corrected chi connectivity index (χ4v) is 3.84. The topological polar surface area (TPSA) is 83.3 Å². The van der Waals surface area contributed by atoms with Crippen molar-refractivity contribution < 1.29 is 78.4 Å². The molecule has 4 rings (SSSR count). The first-order valence-corrected chi connectivity index (χ1v) is 11.8. The molecule has 186 valence electrons. The predicted molar refractivity (Wildman–Crippen MR) is 125 cm³/mol. The van der Waals surface area contributed by atoms with Gasteiger partial charge in [-0.1, -0.05) is 6.07 Å². The number of alkyl halides is 3. The summed E-state index contributed by atoms with van der Waals surface area (Å²) in [6.45, 7) is 1.45. The minimum atomic E-state index is -4.37. The third-order valence-electron chi connectivity index (χ3n) is 4.95. The van der Waals surface area contributed by atoms with Crippen LogP contribution in [0, 0.1) is 5.82 Å². The monoisotopic (exact) mass is 547 g/mol. The van der Waals surface area contributed by atoms with Gasteiger partial charge in [-0.2, -0.15) is 13.2 Å². The van der Waals surface area contributed by atoms with E-state index >= 15 is 0 Å². The van der Waals surface area contributed by atoms with Crippen molar-refractivity contribution in [1.29, 1.82) is 0 Å². The summed E-state index contributed by atoms with van der Waals surface area (Å²) in [5.41, 5.74) is 0.983. The third-order valence-corrected chi connectivity index (χ3v) is 5.79. The molecule has 0 aromatic carbocycles. The Morgan fingerprint density at radius 1 is 1.11 bits per heavy atom. The van der Waals surface area contributed by atoms with Crippen molar-refractivity contribution in [3.8, 4) is 23.0 Å². The summed E-state index contributed by atoms with van der Waals surface area (Å²) in [7, 11) is 0. The van der Waals surface area contributed by atoms with Gasteiger partial charge in [-0.3, -0.25) is 4.98 Å². The second kappa shape index (κ2) is 13.9. The molecule has 0 aliphatic carbocycles. The molecule has 0 bridgehead atoms. The molecule has 4 heterocycles. The number of halogens is 4. The molecule has 3 aromatic rings. The Labute approximate surface area is 252 Å². The van der Waals surface area contributed by atoms with Gasteiger partial charge in [0.2, 0.25) is 11.8 Å². The average molecular weight is 548 g/mol. The van der Waals surface area contributed by atoms with Gasteiger partial charge in [-0.15, -0.1) is 13.1 Å². The number of hydrogen-bond donors (Lipinski definition) is 1. The van der Waals surface area contributed by atoms with Gasteiger partial charge in [0.05, 0.1) is 11.8 Å². The molecule has 1 saturated heterocycles. The maximum Gasteiger partial charge on any atom is 1.00 e. The van der Waals surface area contributed by atoms with E-state index in [1.165, 1.54) is 24.4 Å². The molecular weight excluding hydrogens is 525 g/mol. The van der Waals surface area contributed by atoms with Gasteiger partial charge in [0.1, 0.15) is 29.6 Å². The van der Waals surface area contributed by atoms with Crippen LogP contribution in [0.15, 0.2) is 48.8 Å². The van der Waals surface area contributed by atoms with E-state index in [4.69, 9.17) is 9.47 Å². The summed E-state index contributed by atoms with van der Waals surface area (Å²) in [4.78, 5) is 12.6. The summed E-state index contributed by atoms with van der Waals surface area (Å²) in [6, 6.07) is 9.40. The Hall–Kier alpha value is -1.48. The maximum absolute atomic E-state index is 14.7. The molecule has 1 aliphatic heterocycles. The van der Waals surface area contributed by atoms with Gasteiger partial charge in [0.25, 0.3) is 0 Å². The van der Waals surface area contributed by atoms with Crippen LogP contribution in [0.3, 0.4) is 0 Å². The number of aromatic nitrogens is 3. The molecule has 1 aliphatic rings. The minimum Gasteiger partial charge on any atom is -0.662 e. The van der Waals surface area contributed by atoms with E-state index in [9.17, 15) is 17.6 Å². The molecule has 36 heavy (non-hydrogen) atoms. The van der Waals surface area contributed by atoms with Crippen LogP contribution < -0.4 is 65.6 Å². The maximum atomic E-state index is 14.7. The van der Waals surface area contributed by atoms with Crippen LogP contribution in [0.4, 0.5) is 23.2 Å². The Morgan fingerprint density at radius 3 is 2.64 bits per heavy atom. The van der Waals surface area contributed by atoms with Crippen LogP contribution in [0.2, 0.25) is 0 Å². The number of nitrogens with zero attached hydrogens (tertiary/aromatic N) is 4. The summed E-state index contributed by atoms with van der Waals surface area (Å²) in [6.07, 6.45) is 0.0191. The Bertz CT molecular complexity index is 1120. The molecule has 0 amide bonds. The van der Waals surface area contributed by atoms with Crippen molar-refractivity contribution in [2.24, 2.45) is 0 Å². The zero-order valence-corrected chi connectivity index (χ0v) is 23.4. The number of pyridine rings is 3. The Balaban J connectivity index is 0.00000361. The number of anilines is 1. The number of ether oxygens (including phenoxy) is 2. The van der Waals surface area contributed by atoms with Gasteiger partial charge in [-0.25, -0.2) is 14.4 Å². The molecule has 0 atom stereocenters. The Kier molecular flexibility index (Phi) is 11.2. The molecule has 13 heteroatoms. The normalized spacial score (nSPS) is 14.1. The predicted octanol–water partition coefficient (Wildman–Crippen LogP) is 2.80. The summed E-state index contributed by atoms with van der Waals surface area (Å²) >= 11 is 0.425. The number of piperidine rings is 1. The molecule has 0 saturated carbocycles. The van der Waals surface area contributed by atoms with Crippen molar-refractivity contribution in [3.63, 3.8) is 0 Å². The fourth-order valence-electron chi connectivity index (χ4n) is 3.30. The van der Waals surface area contributed by atoms with Crippen molar-refractivity contribution >= 4 is 17.6 Å². The van der Waals surface area contributed by atoms with Crippen molar-refractivity contribution in [2.75, 3.05) is 23.6 Å². The van der Waals surface area contributed by atoms with Crippen LogP contribution in [-0.4, -0.2) is 46.1 Å². The van der Waals surface area contributed by atoms with E-state index in [1.807, 2.05) is 0 Å². The smallest absolute Gasteiger partial charge is 0.662 e. The van der Waals surface area contributed by atoms with Gasteiger partial charge < -0.3 is 19.5 Å². The second-order valence-electron chi connectivity index (χ2n) is 7.66. The summed E-state index contributed by atoms with van der Waals surface area (Å²) in [5.74, 6) is -1.45. The van der Waals surface area contributed by atoms with Crippen molar-refractivity contribution in [3.05, 3.63) is 65.6 Å². The molecule has 1 N–H and O–H groups in total. The van der Waals surface area contributed by atoms with Crippen LogP contribution in [0.5, 0.6) is 11.8 Å². The number of rotatable bonds is 9. The van der Waals surface area contributed by atoms with E-state index in [-0.39, 0.29) is 92.8 Å². The minimum absolute atomic E-state index is 0. The summed E-state index contributed by atoms with van der Waals surface area (Å²) in [5, 5.41) is 4.28. The average Bonchev–Trinajstić information content (AvgIpc) is 2.85. The van der Waals surface area contributed by atoms with Crippen LogP contribution in [0.25, 0.3) is 16.6 Å². The third kappa shape index (κ3) is 8.82. The molecule has 1 fully saturated rings. The molecule has 0 unspecified atom stereocenters. The first-order chi connectivity index (χ1) is 16.9. The molecule has 0 radical (unpaired) electrons. The molecule has 7 nitrogen and oxygen atoms in total. The molecule has 0 spiro atoms. The van der Waals surface area contributed by atoms with E-state index in [0.717, 1.165) is 12.8 Å². The Morgan fingerprint density at radius 2 is 1.92 bits per heavy atom. The van der Waals surface area contributed by atoms with Gasteiger partial charge in [0.15, 0.2) is 0 Å². The zero-order valence-electron chi connectivity index (χ0n) is 19.5. The van der Waals surface area contributed by atoms with E-state index in [0.29, 0.717) is 30.7 Å². The van der Waals surface area contributed by atoms with Crippen LogP contribution >= 0.6 is 11.9 Å². The SMILES string of the molecule is Fc1ccc(OC2CC[N-]CC2)nc1-c1cnc(OCc2ccccn2)c(NSCC(F)(F)F)c1.[K+]. The largest absolute Gasteiger partial charge is 1.00 e. The fraction of sp³-hybridized carbons (Fsp3) is 0.348. The first kappa shape index (κ1) is 29.1. The quantitative estimate of drug-likeness (QED) is 0.251. The first-order valence-electron chi connectivity index (χ1n) is 10.8. The number of hydrogen-bond acceptors (Lipinski definition) is 7. The van der Waals surface area contributed by atoms with E-state index < -0.39 is 17.7 Å².